The Labute approximate surface area is 125 Å². The molecule has 1 nitrogen and oxygen atoms in total. The molecule has 1 fully saturated rings. The van der Waals surface area contributed by atoms with E-state index < -0.39 is 0 Å². The van der Waals surface area contributed by atoms with Crippen molar-refractivity contribution in [2.24, 2.45) is 11.8 Å². The lowest BCUT2D eigenvalue weighted by Crippen LogP contribution is -2.37. The van der Waals surface area contributed by atoms with Gasteiger partial charge in [-0.2, -0.15) is 0 Å². The Kier molecular flexibility index (Phi) is 6.59. The Morgan fingerprint density at radius 2 is 1.80 bits per heavy atom. The zero-order chi connectivity index (χ0) is 14.2. The van der Waals surface area contributed by atoms with Crippen molar-refractivity contribution in [3.8, 4) is 0 Å². The molecule has 0 heterocycles. The highest BCUT2D eigenvalue weighted by Crippen LogP contribution is 2.34. The van der Waals surface area contributed by atoms with Crippen LogP contribution in [-0.4, -0.2) is 13.1 Å². The second kappa shape index (κ2) is 8.46. The second-order valence-electron chi connectivity index (χ2n) is 6.51. The summed E-state index contributed by atoms with van der Waals surface area (Å²) in [6.45, 7) is 2.31. The molecule has 20 heavy (non-hydrogen) atoms. The maximum absolute atomic E-state index is 3.58. The van der Waals surface area contributed by atoms with E-state index in [-0.39, 0.29) is 0 Å². The summed E-state index contributed by atoms with van der Waals surface area (Å²) in [5.74, 6) is 1.89. The molecule has 0 aromatic heterocycles. The molecule has 112 valence electrons. The first-order valence-corrected chi connectivity index (χ1v) is 8.54. The summed E-state index contributed by atoms with van der Waals surface area (Å²) in [5, 5.41) is 3.58. The topological polar surface area (TPSA) is 12.0 Å². The van der Waals surface area contributed by atoms with Crippen LogP contribution >= 0.6 is 0 Å². The molecule has 1 unspecified atom stereocenters. The van der Waals surface area contributed by atoms with E-state index in [1.807, 2.05) is 0 Å². The number of likely N-dealkylation sites (N-methyl/N-ethyl adjacent to an activating group) is 1. The third-order valence-corrected chi connectivity index (χ3v) is 5.10. The van der Waals surface area contributed by atoms with E-state index >= 15 is 0 Å². The summed E-state index contributed by atoms with van der Waals surface area (Å²) in [6, 6.07) is 11.6. The Bertz CT molecular complexity index is 351. The van der Waals surface area contributed by atoms with Crippen molar-refractivity contribution in [3.05, 3.63) is 35.9 Å². The van der Waals surface area contributed by atoms with Crippen LogP contribution in [0, 0.1) is 11.8 Å². The SMILES string of the molecule is CCCCC1CCC(C(Cc2ccccc2)NC)CC1. The van der Waals surface area contributed by atoms with Gasteiger partial charge < -0.3 is 5.32 Å². The maximum atomic E-state index is 3.58. The first-order chi connectivity index (χ1) is 9.83. The Hall–Kier alpha value is -0.820. The third kappa shape index (κ3) is 4.63. The molecule has 2 rings (SSSR count). The molecule has 1 aromatic carbocycles. The van der Waals surface area contributed by atoms with Crippen molar-refractivity contribution in [2.45, 2.75) is 64.3 Å². The quantitative estimate of drug-likeness (QED) is 0.751. The number of rotatable bonds is 7. The Morgan fingerprint density at radius 3 is 2.40 bits per heavy atom. The minimum atomic E-state index is 0.657. The van der Waals surface area contributed by atoms with Crippen LogP contribution in [0.5, 0.6) is 0 Å². The molecule has 0 aliphatic heterocycles. The zero-order valence-electron chi connectivity index (χ0n) is 13.3. The third-order valence-electron chi connectivity index (χ3n) is 5.10. The van der Waals surface area contributed by atoms with Crippen molar-refractivity contribution in [2.75, 3.05) is 7.05 Å². The standard InChI is InChI=1S/C19H31N/c1-3-4-8-16-11-13-18(14-12-16)19(20-2)15-17-9-6-5-7-10-17/h5-7,9-10,16,18-20H,3-4,8,11-15H2,1-2H3. The summed E-state index contributed by atoms with van der Waals surface area (Å²) >= 11 is 0. The fraction of sp³-hybridized carbons (Fsp3) is 0.684. The monoisotopic (exact) mass is 273 g/mol. The fourth-order valence-corrected chi connectivity index (χ4v) is 3.74. The number of hydrogen-bond donors (Lipinski definition) is 1. The van der Waals surface area contributed by atoms with E-state index in [4.69, 9.17) is 0 Å². The van der Waals surface area contributed by atoms with Gasteiger partial charge in [0, 0.05) is 6.04 Å². The molecular formula is C19H31N. The molecular weight excluding hydrogens is 242 g/mol. The fourth-order valence-electron chi connectivity index (χ4n) is 3.74. The summed E-state index contributed by atoms with van der Waals surface area (Å²) < 4.78 is 0. The predicted octanol–water partition coefficient (Wildman–Crippen LogP) is 4.81. The van der Waals surface area contributed by atoms with Gasteiger partial charge in [0.1, 0.15) is 0 Å². The summed E-state index contributed by atoms with van der Waals surface area (Å²) in [7, 11) is 2.14. The second-order valence-corrected chi connectivity index (χ2v) is 6.51. The minimum Gasteiger partial charge on any atom is -0.316 e. The highest BCUT2D eigenvalue weighted by molar-refractivity contribution is 5.16. The number of benzene rings is 1. The van der Waals surface area contributed by atoms with Crippen LogP contribution in [0.2, 0.25) is 0 Å². The van der Waals surface area contributed by atoms with E-state index in [9.17, 15) is 0 Å². The molecule has 1 N–H and O–H groups in total. The minimum absolute atomic E-state index is 0.657. The summed E-state index contributed by atoms with van der Waals surface area (Å²) in [6.07, 6.45) is 11.2. The van der Waals surface area contributed by atoms with Crippen LogP contribution in [0.25, 0.3) is 0 Å². The molecule has 0 spiro atoms. The van der Waals surface area contributed by atoms with Gasteiger partial charge in [0.05, 0.1) is 0 Å². The van der Waals surface area contributed by atoms with Gasteiger partial charge in [0.2, 0.25) is 0 Å². The normalized spacial score (nSPS) is 24.5. The van der Waals surface area contributed by atoms with Gasteiger partial charge in [0.25, 0.3) is 0 Å². The van der Waals surface area contributed by atoms with Crippen LogP contribution in [0.15, 0.2) is 30.3 Å². The van der Waals surface area contributed by atoms with Crippen LogP contribution in [0.4, 0.5) is 0 Å². The molecule has 1 aromatic rings. The van der Waals surface area contributed by atoms with Crippen molar-refractivity contribution < 1.29 is 0 Å². The molecule has 0 bridgehead atoms. The lowest BCUT2D eigenvalue weighted by molar-refractivity contribution is 0.216. The molecule has 1 aliphatic carbocycles. The Balaban J connectivity index is 1.81. The van der Waals surface area contributed by atoms with Crippen LogP contribution in [0.3, 0.4) is 0 Å². The average molecular weight is 273 g/mol. The number of nitrogens with one attached hydrogen (secondary N) is 1. The van der Waals surface area contributed by atoms with Gasteiger partial charge in [-0.1, -0.05) is 69.4 Å². The molecule has 0 amide bonds. The zero-order valence-corrected chi connectivity index (χ0v) is 13.3. The Morgan fingerprint density at radius 1 is 1.10 bits per heavy atom. The van der Waals surface area contributed by atoms with E-state index in [1.54, 1.807) is 0 Å². The van der Waals surface area contributed by atoms with Crippen LogP contribution in [-0.2, 0) is 6.42 Å². The molecule has 0 saturated heterocycles. The maximum Gasteiger partial charge on any atom is 0.0133 e. The molecule has 1 saturated carbocycles. The molecule has 1 heteroatoms. The van der Waals surface area contributed by atoms with Crippen molar-refractivity contribution in [1.82, 2.24) is 5.32 Å². The van der Waals surface area contributed by atoms with E-state index in [0.29, 0.717) is 6.04 Å². The number of unbranched alkanes of at least 4 members (excludes halogenated alkanes) is 1. The van der Waals surface area contributed by atoms with Gasteiger partial charge >= 0.3 is 0 Å². The highest BCUT2D eigenvalue weighted by atomic mass is 14.9. The van der Waals surface area contributed by atoms with E-state index in [0.717, 1.165) is 11.8 Å². The summed E-state index contributed by atoms with van der Waals surface area (Å²) in [4.78, 5) is 0. The predicted molar refractivity (Wildman–Crippen MR) is 88.0 cm³/mol. The average Bonchev–Trinajstić information content (AvgIpc) is 2.52. The smallest absolute Gasteiger partial charge is 0.0133 e. The number of hydrogen-bond acceptors (Lipinski definition) is 1. The van der Waals surface area contributed by atoms with Crippen LogP contribution < -0.4 is 5.32 Å². The molecule has 1 aliphatic rings. The summed E-state index contributed by atoms with van der Waals surface area (Å²) in [5.41, 5.74) is 1.47. The lowest BCUT2D eigenvalue weighted by Gasteiger charge is -2.34. The van der Waals surface area contributed by atoms with Crippen LogP contribution in [0.1, 0.15) is 57.4 Å². The van der Waals surface area contributed by atoms with Gasteiger partial charge in [-0.25, -0.2) is 0 Å². The first kappa shape index (κ1) is 15.6. The molecule has 1 atom stereocenters. The van der Waals surface area contributed by atoms with Crippen molar-refractivity contribution in [3.63, 3.8) is 0 Å². The van der Waals surface area contributed by atoms with Gasteiger partial charge in [-0.3, -0.25) is 0 Å². The van der Waals surface area contributed by atoms with Crippen molar-refractivity contribution in [1.29, 1.82) is 0 Å². The lowest BCUT2D eigenvalue weighted by atomic mass is 9.75. The van der Waals surface area contributed by atoms with E-state index in [2.05, 4.69) is 49.6 Å². The van der Waals surface area contributed by atoms with Crippen molar-refractivity contribution >= 4 is 0 Å². The first-order valence-electron chi connectivity index (χ1n) is 8.54. The highest BCUT2D eigenvalue weighted by Gasteiger charge is 2.26. The van der Waals surface area contributed by atoms with Gasteiger partial charge in [0.15, 0.2) is 0 Å². The van der Waals surface area contributed by atoms with Gasteiger partial charge in [-0.15, -0.1) is 0 Å². The molecule has 0 radical (unpaired) electrons. The van der Waals surface area contributed by atoms with Gasteiger partial charge in [-0.05, 0) is 43.7 Å². The largest absolute Gasteiger partial charge is 0.316 e. The van der Waals surface area contributed by atoms with E-state index in [1.165, 1.54) is 56.9 Å².